The molecule has 0 aromatic carbocycles. The minimum absolute atomic E-state index is 0.343. The van der Waals surface area contributed by atoms with Crippen molar-refractivity contribution >= 4 is 5.97 Å². The van der Waals surface area contributed by atoms with Gasteiger partial charge in [0.1, 0.15) is 6.61 Å². The first-order valence-corrected chi connectivity index (χ1v) is 10.3. The molecule has 0 N–H and O–H groups in total. The van der Waals surface area contributed by atoms with E-state index in [1.54, 1.807) is 0 Å². The lowest BCUT2D eigenvalue weighted by Gasteiger charge is -2.15. The maximum atomic E-state index is 10.6. The molecule has 0 spiro atoms. The highest BCUT2D eigenvalue weighted by molar-refractivity contribution is 5.65. The molecule has 0 aliphatic heterocycles. The van der Waals surface area contributed by atoms with E-state index in [0.717, 1.165) is 24.2 Å². The highest BCUT2D eigenvalue weighted by Gasteiger charge is 2.06. The van der Waals surface area contributed by atoms with E-state index in [1.807, 2.05) is 6.08 Å². The summed E-state index contributed by atoms with van der Waals surface area (Å²) in [6, 6.07) is 0. The first-order chi connectivity index (χ1) is 11.8. The first-order valence-electron chi connectivity index (χ1n) is 10.3. The SMILES string of the molecule is CC(=O)OOC/C=C(\C)CCC[C@@H](C)CCC[C@@H](C)CCCC(C)C. The molecule has 0 radical (unpaired) electrons. The zero-order valence-corrected chi connectivity index (χ0v) is 17.6. The Kier molecular flexibility index (Phi) is 14.9. The Hall–Kier alpha value is -0.830. The van der Waals surface area contributed by atoms with E-state index in [4.69, 9.17) is 4.89 Å². The summed E-state index contributed by atoms with van der Waals surface area (Å²) in [5.41, 5.74) is 1.30. The van der Waals surface area contributed by atoms with Crippen molar-refractivity contribution in [2.75, 3.05) is 6.61 Å². The van der Waals surface area contributed by atoms with Crippen molar-refractivity contribution in [3.8, 4) is 0 Å². The van der Waals surface area contributed by atoms with E-state index in [2.05, 4.69) is 39.5 Å². The number of allylic oxidation sites excluding steroid dienone is 1. The second-order valence-corrected chi connectivity index (χ2v) is 8.27. The van der Waals surface area contributed by atoms with E-state index >= 15 is 0 Å². The smallest absolute Gasteiger partial charge is 0.298 e. The van der Waals surface area contributed by atoms with Crippen molar-refractivity contribution < 1.29 is 14.6 Å². The Morgan fingerprint density at radius 3 is 1.88 bits per heavy atom. The number of rotatable bonds is 15. The van der Waals surface area contributed by atoms with Crippen LogP contribution in [0.15, 0.2) is 11.6 Å². The third kappa shape index (κ3) is 17.8. The van der Waals surface area contributed by atoms with Crippen LogP contribution in [0.25, 0.3) is 0 Å². The third-order valence-corrected chi connectivity index (χ3v) is 4.82. The van der Waals surface area contributed by atoms with Crippen molar-refractivity contribution in [1.29, 1.82) is 0 Å². The first kappa shape index (κ1) is 24.2. The molecule has 3 nitrogen and oxygen atoms in total. The van der Waals surface area contributed by atoms with Gasteiger partial charge in [0.05, 0.1) is 0 Å². The molecule has 0 aromatic rings. The quantitative estimate of drug-likeness (QED) is 0.139. The van der Waals surface area contributed by atoms with Crippen LogP contribution in [0.1, 0.15) is 99.3 Å². The molecule has 0 fully saturated rings. The summed E-state index contributed by atoms with van der Waals surface area (Å²) < 4.78 is 0. The Morgan fingerprint density at radius 1 is 0.840 bits per heavy atom. The van der Waals surface area contributed by atoms with Gasteiger partial charge in [-0.25, -0.2) is 4.79 Å². The Balaban J connectivity index is 3.61. The average Bonchev–Trinajstić information content (AvgIpc) is 2.51. The summed E-state index contributed by atoms with van der Waals surface area (Å²) in [6.45, 7) is 13.2. The molecule has 0 aliphatic carbocycles. The van der Waals surface area contributed by atoms with Crippen LogP contribution in [-0.2, 0) is 14.6 Å². The van der Waals surface area contributed by atoms with E-state index < -0.39 is 5.97 Å². The molecule has 0 saturated heterocycles. The van der Waals surface area contributed by atoms with Gasteiger partial charge < -0.3 is 0 Å². The molecule has 0 heterocycles. The second-order valence-electron chi connectivity index (χ2n) is 8.27. The molecule has 0 aliphatic rings. The number of hydrogen-bond acceptors (Lipinski definition) is 3. The Bertz CT molecular complexity index is 360. The van der Waals surface area contributed by atoms with Crippen LogP contribution in [0, 0.1) is 17.8 Å². The lowest BCUT2D eigenvalue weighted by Crippen LogP contribution is -2.01. The van der Waals surface area contributed by atoms with Crippen LogP contribution >= 0.6 is 0 Å². The lowest BCUT2D eigenvalue weighted by atomic mass is 9.91. The second kappa shape index (κ2) is 15.4. The predicted octanol–water partition coefficient (Wildman–Crippen LogP) is 6.87. The number of carbonyl (C=O) groups is 1. The van der Waals surface area contributed by atoms with Gasteiger partial charge in [-0.05, 0) is 37.5 Å². The van der Waals surface area contributed by atoms with Gasteiger partial charge in [-0.2, -0.15) is 4.89 Å². The van der Waals surface area contributed by atoms with Gasteiger partial charge in [-0.1, -0.05) is 84.3 Å². The fourth-order valence-corrected chi connectivity index (χ4v) is 3.10. The fraction of sp³-hybridized carbons (Fsp3) is 0.864. The van der Waals surface area contributed by atoms with Crippen molar-refractivity contribution in [2.45, 2.75) is 99.3 Å². The van der Waals surface area contributed by atoms with E-state index in [1.165, 1.54) is 63.9 Å². The van der Waals surface area contributed by atoms with Gasteiger partial charge in [-0.15, -0.1) is 0 Å². The molecular formula is C22H42O3. The van der Waals surface area contributed by atoms with E-state index in [0.29, 0.717) is 6.61 Å². The molecule has 0 saturated carbocycles. The van der Waals surface area contributed by atoms with Crippen LogP contribution in [0.3, 0.4) is 0 Å². The number of carbonyl (C=O) groups excluding carboxylic acids is 1. The largest absolute Gasteiger partial charge is 0.339 e. The summed E-state index contributed by atoms with van der Waals surface area (Å²) in [5, 5.41) is 0. The van der Waals surface area contributed by atoms with E-state index in [9.17, 15) is 4.79 Å². The van der Waals surface area contributed by atoms with Crippen molar-refractivity contribution in [3.05, 3.63) is 11.6 Å². The zero-order chi connectivity index (χ0) is 19.1. The van der Waals surface area contributed by atoms with Crippen LogP contribution in [0.2, 0.25) is 0 Å². The van der Waals surface area contributed by atoms with Crippen LogP contribution in [-0.4, -0.2) is 12.6 Å². The van der Waals surface area contributed by atoms with Gasteiger partial charge in [0, 0.05) is 6.92 Å². The predicted molar refractivity (Wildman–Crippen MR) is 106 cm³/mol. The third-order valence-electron chi connectivity index (χ3n) is 4.82. The van der Waals surface area contributed by atoms with Crippen molar-refractivity contribution in [3.63, 3.8) is 0 Å². The van der Waals surface area contributed by atoms with Crippen LogP contribution in [0.5, 0.6) is 0 Å². The molecule has 0 aromatic heterocycles. The normalized spacial score (nSPS) is 14.6. The molecule has 0 amide bonds. The zero-order valence-electron chi connectivity index (χ0n) is 17.6. The topological polar surface area (TPSA) is 35.5 Å². The van der Waals surface area contributed by atoms with Crippen molar-refractivity contribution in [1.82, 2.24) is 0 Å². The molecule has 3 heteroatoms. The molecule has 0 unspecified atom stereocenters. The van der Waals surface area contributed by atoms with Gasteiger partial charge >= 0.3 is 5.97 Å². The van der Waals surface area contributed by atoms with Gasteiger partial charge in [0.25, 0.3) is 0 Å². The molecule has 25 heavy (non-hydrogen) atoms. The molecule has 148 valence electrons. The average molecular weight is 355 g/mol. The molecule has 0 rings (SSSR count). The minimum atomic E-state index is -0.408. The molecular weight excluding hydrogens is 312 g/mol. The summed E-state index contributed by atoms with van der Waals surface area (Å²) >= 11 is 0. The van der Waals surface area contributed by atoms with Crippen LogP contribution in [0.4, 0.5) is 0 Å². The highest BCUT2D eigenvalue weighted by atomic mass is 17.2. The fourth-order valence-electron chi connectivity index (χ4n) is 3.10. The summed E-state index contributed by atoms with van der Waals surface area (Å²) in [5.74, 6) is 2.13. The Morgan fingerprint density at radius 2 is 1.36 bits per heavy atom. The van der Waals surface area contributed by atoms with Crippen LogP contribution < -0.4 is 0 Å². The Labute approximate surface area is 156 Å². The summed E-state index contributed by atoms with van der Waals surface area (Å²) in [7, 11) is 0. The van der Waals surface area contributed by atoms with Gasteiger partial charge in [0.2, 0.25) is 0 Å². The standard InChI is InChI=1S/C22H42O3/c1-18(2)10-7-11-19(3)12-8-13-20(4)14-9-15-21(5)16-17-24-25-22(6)23/h16,18-20H,7-15,17H2,1-6H3/b21-16+/t19-,20-/m0/s1. The number of hydrogen-bond donors (Lipinski definition) is 0. The molecule has 0 bridgehead atoms. The van der Waals surface area contributed by atoms with E-state index in [-0.39, 0.29) is 0 Å². The van der Waals surface area contributed by atoms with Crippen molar-refractivity contribution in [2.24, 2.45) is 17.8 Å². The molecule has 2 atom stereocenters. The maximum Gasteiger partial charge on any atom is 0.339 e. The summed E-state index contributed by atoms with van der Waals surface area (Å²) in [6.07, 6.45) is 13.9. The summed E-state index contributed by atoms with van der Waals surface area (Å²) in [4.78, 5) is 19.8. The monoisotopic (exact) mass is 354 g/mol. The lowest BCUT2D eigenvalue weighted by molar-refractivity contribution is -0.263. The van der Waals surface area contributed by atoms with Gasteiger partial charge in [-0.3, -0.25) is 4.89 Å². The maximum absolute atomic E-state index is 10.6. The highest BCUT2D eigenvalue weighted by Crippen LogP contribution is 2.22. The van der Waals surface area contributed by atoms with Gasteiger partial charge in [0.15, 0.2) is 0 Å². The minimum Gasteiger partial charge on any atom is -0.298 e.